The number of halogens is 2. The molecule has 2 rings (SSSR count). The first-order chi connectivity index (χ1) is 8.11. The summed E-state index contributed by atoms with van der Waals surface area (Å²) >= 11 is 8.94. The van der Waals surface area contributed by atoms with E-state index in [1.54, 1.807) is 0 Å². The average molecular weight is 375 g/mol. The lowest BCUT2D eigenvalue weighted by molar-refractivity contribution is 0.701. The van der Waals surface area contributed by atoms with Crippen LogP contribution in [0.25, 0.3) is 0 Å². The predicted octanol–water partition coefficient (Wildman–Crippen LogP) is 4.89. The van der Waals surface area contributed by atoms with Gasteiger partial charge in [0.2, 0.25) is 0 Å². The van der Waals surface area contributed by atoms with E-state index >= 15 is 0 Å². The molecule has 0 radical (unpaired) electrons. The van der Waals surface area contributed by atoms with Crippen LogP contribution in [0.1, 0.15) is 21.4 Å². The molecule has 1 nitrogen and oxygen atoms in total. The number of thiophene rings is 1. The van der Waals surface area contributed by atoms with Gasteiger partial charge >= 0.3 is 0 Å². The zero-order valence-corrected chi connectivity index (χ0v) is 13.6. The van der Waals surface area contributed by atoms with E-state index in [1.165, 1.54) is 15.3 Å². The van der Waals surface area contributed by atoms with Gasteiger partial charge < -0.3 is 5.32 Å². The molecule has 1 aromatic carbocycles. The standard InChI is InChI=1S/C13H13Br2NS/c1-8-3-6-12(17-8)13(16-2)10-5-4-9(14)7-11(10)15/h3-7,13,16H,1-2H3. The van der Waals surface area contributed by atoms with E-state index in [2.05, 4.69) is 74.4 Å². The van der Waals surface area contributed by atoms with Crippen LogP contribution in [-0.2, 0) is 0 Å². The van der Waals surface area contributed by atoms with Gasteiger partial charge in [-0.1, -0.05) is 37.9 Å². The number of hydrogen-bond acceptors (Lipinski definition) is 2. The molecular weight excluding hydrogens is 362 g/mol. The lowest BCUT2D eigenvalue weighted by atomic mass is 10.1. The zero-order valence-electron chi connectivity index (χ0n) is 9.63. The lowest BCUT2D eigenvalue weighted by Crippen LogP contribution is -2.16. The summed E-state index contributed by atoms with van der Waals surface area (Å²) < 4.78 is 2.21. The third-order valence-electron chi connectivity index (χ3n) is 2.61. The van der Waals surface area contributed by atoms with Crippen LogP contribution in [-0.4, -0.2) is 7.05 Å². The van der Waals surface area contributed by atoms with Crippen molar-refractivity contribution in [3.8, 4) is 0 Å². The number of benzene rings is 1. The minimum atomic E-state index is 0.246. The SMILES string of the molecule is CNC(c1ccc(C)s1)c1ccc(Br)cc1Br. The van der Waals surface area contributed by atoms with Crippen molar-refractivity contribution in [2.75, 3.05) is 7.05 Å². The van der Waals surface area contributed by atoms with Crippen molar-refractivity contribution in [1.82, 2.24) is 5.32 Å². The van der Waals surface area contributed by atoms with Crippen LogP contribution in [0.4, 0.5) is 0 Å². The van der Waals surface area contributed by atoms with Gasteiger partial charge in [-0.2, -0.15) is 0 Å². The van der Waals surface area contributed by atoms with Gasteiger partial charge in [0.1, 0.15) is 0 Å². The Morgan fingerprint density at radius 2 is 1.94 bits per heavy atom. The maximum atomic E-state index is 3.63. The maximum absolute atomic E-state index is 3.63. The van der Waals surface area contributed by atoms with Gasteiger partial charge in [-0.15, -0.1) is 11.3 Å². The van der Waals surface area contributed by atoms with Crippen LogP contribution in [0.15, 0.2) is 39.3 Å². The van der Waals surface area contributed by atoms with Crippen LogP contribution in [0.3, 0.4) is 0 Å². The topological polar surface area (TPSA) is 12.0 Å². The van der Waals surface area contributed by atoms with Crippen molar-refractivity contribution >= 4 is 43.2 Å². The molecule has 2 aromatic rings. The fourth-order valence-corrected chi connectivity index (χ4v) is 4.08. The number of rotatable bonds is 3. The fourth-order valence-electron chi connectivity index (χ4n) is 1.80. The molecule has 0 amide bonds. The Labute approximate surface area is 123 Å². The summed E-state index contributed by atoms with van der Waals surface area (Å²) in [5.41, 5.74) is 1.26. The zero-order chi connectivity index (χ0) is 12.4. The van der Waals surface area contributed by atoms with Gasteiger partial charge in [-0.3, -0.25) is 0 Å². The van der Waals surface area contributed by atoms with Gasteiger partial charge in [-0.05, 0) is 43.8 Å². The second-order valence-corrected chi connectivity index (χ2v) is 6.93. The van der Waals surface area contributed by atoms with Crippen LogP contribution in [0.2, 0.25) is 0 Å². The molecule has 0 aliphatic rings. The highest BCUT2D eigenvalue weighted by Crippen LogP contribution is 2.33. The minimum Gasteiger partial charge on any atom is -0.309 e. The molecule has 0 aliphatic heterocycles. The summed E-state index contributed by atoms with van der Waals surface area (Å²) in [7, 11) is 1.99. The quantitative estimate of drug-likeness (QED) is 0.806. The van der Waals surface area contributed by atoms with E-state index in [4.69, 9.17) is 0 Å². The molecule has 0 spiro atoms. The van der Waals surface area contributed by atoms with Crippen LogP contribution < -0.4 is 5.32 Å². The molecule has 17 heavy (non-hydrogen) atoms. The van der Waals surface area contributed by atoms with E-state index in [9.17, 15) is 0 Å². The molecule has 0 saturated carbocycles. The number of hydrogen-bond donors (Lipinski definition) is 1. The third-order valence-corrected chi connectivity index (χ3v) is 4.85. The second kappa shape index (κ2) is 5.65. The van der Waals surface area contributed by atoms with Gasteiger partial charge in [-0.25, -0.2) is 0 Å². The molecule has 90 valence electrons. The predicted molar refractivity (Wildman–Crippen MR) is 81.8 cm³/mol. The van der Waals surface area contributed by atoms with Crippen LogP contribution in [0, 0.1) is 6.92 Å². The molecule has 0 saturated heterocycles. The number of nitrogens with one attached hydrogen (secondary N) is 1. The van der Waals surface area contributed by atoms with Crippen LogP contribution >= 0.6 is 43.2 Å². The first kappa shape index (κ1) is 13.3. The second-order valence-electron chi connectivity index (χ2n) is 3.84. The Morgan fingerprint density at radius 3 is 2.47 bits per heavy atom. The molecule has 0 bridgehead atoms. The average Bonchev–Trinajstić information content (AvgIpc) is 2.69. The highest BCUT2D eigenvalue weighted by Gasteiger charge is 2.16. The summed E-state index contributed by atoms with van der Waals surface area (Å²) in [5, 5.41) is 3.37. The van der Waals surface area contributed by atoms with Crippen molar-refractivity contribution < 1.29 is 0 Å². The third kappa shape index (κ3) is 2.99. The largest absolute Gasteiger partial charge is 0.309 e. The van der Waals surface area contributed by atoms with E-state index in [1.807, 2.05) is 18.4 Å². The Hall–Kier alpha value is -0.160. The lowest BCUT2D eigenvalue weighted by Gasteiger charge is -2.17. The molecule has 1 N–H and O–H groups in total. The molecule has 0 fully saturated rings. The molecule has 1 atom stereocenters. The fraction of sp³-hybridized carbons (Fsp3) is 0.231. The Kier molecular flexibility index (Phi) is 4.42. The summed E-state index contributed by atoms with van der Waals surface area (Å²) in [5.74, 6) is 0. The maximum Gasteiger partial charge on any atom is 0.0679 e. The van der Waals surface area contributed by atoms with Crippen molar-refractivity contribution in [2.24, 2.45) is 0 Å². The van der Waals surface area contributed by atoms with Gasteiger partial charge in [0, 0.05) is 18.7 Å². The molecule has 0 aliphatic carbocycles. The first-order valence-electron chi connectivity index (χ1n) is 5.30. The van der Waals surface area contributed by atoms with E-state index in [-0.39, 0.29) is 6.04 Å². The van der Waals surface area contributed by atoms with Crippen molar-refractivity contribution in [2.45, 2.75) is 13.0 Å². The summed E-state index contributed by atoms with van der Waals surface area (Å²) in [6.45, 7) is 2.14. The molecule has 4 heteroatoms. The smallest absolute Gasteiger partial charge is 0.0679 e. The van der Waals surface area contributed by atoms with Gasteiger partial charge in [0.05, 0.1) is 6.04 Å². The summed E-state index contributed by atoms with van der Waals surface area (Å²) in [4.78, 5) is 2.68. The van der Waals surface area contributed by atoms with Crippen LogP contribution in [0.5, 0.6) is 0 Å². The Balaban J connectivity index is 2.42. The van der Waals surface area contributed by atoms with Crippen molar-refractivity contribution in [3.05, 3.63) is 54.6 Å². The van der Waals surface area contributed by atoms with E-state index < -0.39 is 0 Å². The van der Waals surface area contributed by atoms with Gasteiger partial charge in [0.15, 0.2) is 0 Å². The van der Waals surface area contributed by atoms with E-state index in [0.29, 0.717) is 0 Å². The van der Waals surface area contributed by atoms with Gasteiger partial charge in [0.25, 0.3) is 0 Å². The highest BCUT2D eigenvalue weighted by atomic mass is 79.9. The molecule has 1 heterocycles. The number of aryl methyl sites for hydroxylation is 1. The van der Waals surface area contributed by atoms with Crippen molar-refractivity contribution in [3.63, 3.8) is 0 Å². The van der Waals surface area contributed by atoms with Crippen molar-refractivity contribution in [1.29, 1.82) is 0 Å². The molecule has 1 aromatic heterocycles. The first-order valence-corrected chi connectivity index (χ1v) is 7.70. The Bertz CT molecular complexity index is 522. The summed E-state index contributed by atoms with van der Waals surface area (Å²) in [6, 6.07) is 10.9. The Morgan fingerprint density at radius 1 is 1.18 bits per heavy atom. The normalized spacial score (nSPS) is 12.7. The molecule has 1 unspecified atom stereocenters. The monoisotopic (exact) mass is 373 g/mol. The molecular formula is C13H13Br2NS. The minimum absolute atomic E-state index is 0.246. The van der Waals surface area contributed by atoms with E-state index in [0.717, 1.165) is 8.95 Å². The summed E-state index contributed by atoms with van der Waals surface area (Å²) in [6.07, 6.45) is 0. The highest BCUT2D eigenvalue weighted by molar-refractivity contribution is 9.11.